The van der Waals surface area contributed by atoms with Crippen molar-refractivity contribution in [2.45, 2.75) is 51.5 Å². The molecule has 0 radical (unpaired) electrons. The maximum Gasteiger partial charge on any atom is 0.0558 e. The maximum absolute atomic E-state index is 8.95. The molecule has 0 saturated heterocycles. The first-order valence-corrected chi connectivity index (χ1v) is 6.10. The van der Waals surface area contributed by atoms with Gasteiger partial charge in [0.1, 0.15) is 0 Å². The van der Waals surface area contributed by atoms with Gasteiger partial charge in [0.25, 0.3) is 0 Å². The summed E-state index contributed by atoms with van der Waals surface area (Å²) in [4.78, 5) is 2.36. The van der Waals surface area contributed by atoms with E-state index in [0.29, 0.717) is 6.61 Å². The second-order valence-electron chi connectivity index (χ2n) is 4.58. The lowest BCUT2D eigenvalue weighted by atomic mass is 9.91. The summed E-state index contributed by atoms with van der Waals surface area (Å²) in [5.41, 5.74) is 0. The molecule has 1 aliphatic carbocycles. The minimum absolute atomic E-state index is 0.295. The molecule has 1 rings (SSSR count). The zero-order valence-corrected chi connectivity index (χ0v) is 9.71. The molecule has 2 atom stereocenters. The van der Waals surface area contributed by atoms with Crippen molar-refractivity contribution < 1.29 is 5.11 Å². The van der Waals surface area contributed by atoms with Crippen LogP contribution in [0.15, 0.2) is 0 Å². The summed E-state index contributed by atoms with van der Waals surface area (Å²) < 4.78 is 0. The first-order chi connectivity index (χ1) is 6.79. The molecule has 0 aromatic carbocycles. The average molecular weight is 199 g/mol. The number of likely N-dealkylation sites (N-methyl/N-ethyl adjacent to an activating group) is 1. The Morgan fingerprint density at radius 3 is 2.57 bits per heavy atom. The molecule has 0 aliphatic heterocycles. The summed E-state index contributed by atoms with van der Waals surface area (Å²) in [7, 11) is 2.16. The number of aliphatic hydroxyl groups excluding tert-OH is 1. The number of nitrogens with zero attached hydrogens (tertiary/aromatic N) is 1. The Kier molecular flexibility index (Phi) is 5.49. The minimum atomic E-state index is 0.295. The van der Waals surface area contributed by atoms with Gasteiger partial charge in [-0.3, -0.25) is 0 Å². The van der Waals surface area contributed by atoms with Crippen LogP contribution in [-0.2, 0) is 0 Å². The van der Waals surface area contributed by atoms with Gasteiger partial charge in [0.05, 0.1) is 6.61 Å². The number of hydrogen-bond donors (Lipinski definition) is 1. The van der Waals surface area contributed by atoms with Crippen LogP contribution in [-0.4, -0.2) is 36.2 Å². The predicted octanol–water partition coefficient (Wildman–Crippen LogP) is 2.27. The van der Waals surface area contributed by atoms with Gasteiger partial charge < -0.3 is 10.0 Å². The van der Waals surface area contributed by atoms with E-state index in [4.69, 9.17) is 5.11 Å². The molecule has 2 unspecified atom stereocenters. The molecule has 1 aliphatic rings. The number of aliphatic hydroxyl groups is 1. The van der Waals surface area contributed by atoms with E-state index in [0.717, 1.165) is 18.5 Å². The topological polar surface area (TPSA) is 23.5 Å². The van der Waals surface area contributed by atoms with Crippen molar-refractivity contribution in [2.75, 3.05) is 20.2 Å². The van der Waals surface area contributed by atoms with Gasteiger partial charge in [-0.05, 0) is 25.8 Å². The monoisotopic (exact) mass is 199 g/mol. The van der Waals surface area contributed by atoms with Gasteiger partial charge in [0.2, 0.25) is 0 Å². The van der Waals surface area contributed by atoms with Crippen molar-refractivity contribution in [3.8, 4) is 0 Å². The summed E-state index contributed by atoms with van der Waals surface area (Å²) in [5.74, 6) is 0.856. The minimum Gasteiger partial charge on any atom is -0.395 e. The van der Waals surface area contributed by atoms with Crippen LogP contribution >= 0.6 is 0 Å². The number of hydrogen-bond acceptors (Lipinski definition) is 2. The van der Waals surface area contributed by atoms with Crippen molar-refractivity contribution in [3.63, 3.8) is 0 Å². The van der Waals surface area contributed by atoms with E-state index in [1.807, 2.05) is 0 Å². The van der Waals surface area contributed by atoms with E-state index in [2.05, 4.69) is 18.9 Å². The Morgan fingerprint density at radius 2 is 1.93 bits per heavy atom. The molecule has 1 fully saturated rings. The van der Waals surface area contributed by atoms with Gasteiger partial charge in [-0.2, -0.15) is 0 Å². The van der Waals surface area contributed by atoms with Gasteiger partial charge >= 0.3 is 0 Å². The molecule has 1 N–H and O–H groups in total. The first kappa shape index (κ1) is 12.0. The Labute approximate surface area is 88.3 Å². The van der Waals surface area contributed by atoms with E-state index < -0.39 is 0 Å². The fourth-order valence-electron chi connectivity index (χ4n) is 2.74. The van der Waals surface area contributed by atoms with Crippen LogP contribution in [0, 0.1) is 5.92 Å². The highest BCUT2D eigenvalue weighted by atomic mass is 16.3. The maximum atomic E-state index is 8.95. The lowest BCUT2D eigenvalue weighted by Gasteiger charge is -2.32. The standard InChI is InChI=1S/C12H25NO/c1-3-11-7-5-4-6-8-12(11)13(2)9-10-14/h11-12,14H,3-10H2,1-2H3. The van der Waals surface area contributed by atoms with Crippen molar-refractivity contribution in [2.24, 2.45) is 5.92 Å². The highest BCUT2D eigenvalue weighted by Gasteiger charge is 2.24. The first-order valence-electron chi connectivity index (χ1n) is 6.10. The fourth-order valence-corrected chi connectivity index (χ4v) is 2.74. The van der Waals surface area contributed by atoms with Gasteiger partial charge in [-0.1, -0.05) is 32.6 Å². The third-order valence-electron chi connectivity index (χ3n) is 3.66. The summed E-state index contributed by atoms with van der Waals surface area (Å²) in [6, 6.07) is 0.717. The lowest BCUT2D eigenvalue weighted by molar-refractivity contribution is 0.131. The molecular formula is C12H25NO. The molecule has 0 bridgehead atoms. The molecule has 0 spiro atoms. The molecule has 1 saturated carbocycles. The molecule has 0 aromatic rings. The third-order valence-corrected chi connectivity index (χ3v) is 3.66. The molecule has 2 heteroatoms. The molecule has 84 valence electrons. The quantitative estimate of drug-likeness (QED) is 0.702. The normalized spacial score (nSPS) is 29.1. The highest BCUT2D eigenvalue weighted by molar-refractivity contribution is 4.79. The van der Waals surface area contributed by atoms with E-state index >= 15 is 0 Å². The van der Waals surface area contributed by atoms with Crippen LogP contribution in [0.25, 0.3) is 0 Å². The Balaban J connectivity index is 2.50. The summed E-state index contributed by atoms with van der Waals surface area (Å²) in [6.07, 6.45) is 8.19. The zero-order valence-electron chi connectivity index (χ0n) is 9.71. The Bertz CT molecular complexity index is 149. The zero-order chi connectivity index (χ0) is 10.4. The van der Waals surface area contributed by atoms with E-state index in [1.54, 1.807) is 0 Å². The molecule has 0 heterocycles. The number of rotatable bonds is 4. The summed E-state index contributed by atoms with van der Waals surface area (Å²) >= 11 is 0. The van der Waals surface area contributed by atoms with Crippen LogP contribution in [0.3, 0.4) is 0 Å². The fraction of sp³-hybridized carbons (Fsp3) is 1.00. The molecule has 2 nitrogen and oxygen atoms in total. The molecule has 0 aromatic heterocycles. The SMILES string of the molecule is CCC1CCCCCC1N(C)CCO. The van der Waals surface area contributed by atoms with Crippen molar-refractivity contribution in [3.05, 3.63) is 0 Å². The van der Waals surface area contributed by atoms with Crippen molar-refractivity contribution in [1.82, 2.24) is 4.90 Å². The highest BCUT2D eigenvalue weighted by Crippen LogP contribution is 2.28. The van der Waals surface area contributed by atoms with Crippen LogP contribution in [0.4, 0.5) is 0 Å². The largest absolute Gasteiger partial charge is 0.395 e. The van der Waals surface area contributed by atoms with Crippen molar-refractivity contribution in [1.29, 1.82) is 0 Å². The van der Waals surface area contributed by atoms with E-state index in [9.17, 15) is 0 Å². The van der Waals surface area contributed by atoms with Crippen LogP contribution in [0.5, 0.6) is 0 Å². The van der Waals surface area contributed by atoms with Gasteiger partial charge in [0, 0.05) is 12.6 Å². The predicted molar refractivity (Wildman–Crippen MR) is 60.4 cm³/mol. The van der Waals surface area contributed by atoms with Gasteiger partial charge in [-0.25, -0.2) is 0 Å². The van der Waals surface area contributed by atoms with Crippen LogP contribution in [0.1, 0.15) is 45.4 Å². The van der Waals surface area contributed by atoms with E-state index in [1.165, 1.54) is 38.5 Å². The van der Waals surface area contributed by atoms with E-state index in [-0.39, 0.29) is 0 Å². The average Bonchev–Trinajstić information content (AvgIpc) is 2.42. The Hall–Kier alpha value is -0.0800. The second kappa shape index (κ2) is 6.41. The Morgan fingerprint density at radius 1 is 1.21 bits per heavy atom. The molecule has 14 heavy (non-hydrogen) atoms. The van der Waals surface area contributed by atoms with Crippen LogP contribution < -0.4 is 0 Å². The summed E-state index contributed by atoms with van der Waals surface area (Å²) in [6.45, 7) is 3.43. The van der Waals surface area contributed by atoms with Crippen LogP contribution in [0.2, 0.25) is 0 Å². The molecule has 0 amide bonds. The van der Waals surface area contributed by atoms with Gasteiger partial charge in [0.15, 0.2) is 0 Å². The second-order valence-corrected chi connectivity index (χ2v) is 4.58. The third kappa shape index (κ3) is 3.25. The van der Waals surface area contributed by atoms with Gasteiger partial charge in [-0.15, -0.1) is 0 Å². The van der Waals surface area contributed by atoms with Crippen molar-refractivity contribution >= 4 is 0 Å². The smallest absolute Gasteiger partial charge is 0.0558 e. The summed E-state index contributed by atoms with van der Waals surface area (Å²) in [5, 5.41) is 8.95. The molecular weight excluding hydrogens is 174 g/mol. The lowest BCUT2D eigenvalue weighted by Crippen LogP contribution is -2.38.